The smallest absolute Gasteiger partial charge is 0.387 e. The van der Waals surface area contributed by atoms with E-state index in [0.717, 1.165) is 38.6 Å². The number of hydrogen-bond acceptors (Lipinski definition) is 5. The van der Waals surface area contributed by atoms with Gasteiger partial charge in [0.1, 0.15) is 5.75 Å². The number of nitrogens with zero attached hydrogens (tertiary/aromatic N) is 3. The molecule has 3 atom stereocenters. The van der Waals surface area contributed by atoms with Gasteiger partial charge < -0.3 is 25.0 Å². The summed E-state index contributed by atoms with van der Waals surface area (Å²) in [5, 5.41) is 6.82. The first kappa shape index (κ1) is 22.1. The fourth-order valence-corrected chi connectivity index (χ4v) is 4.71. The van der Waals surface area contributed by atoms with Gasteiger partial charge in [-0.3, -0.25) is 9.89 Å². The van der Waals surface area contributed by atoms with Crippen LogP contribution in [0.3, 0.4) is 0 Å². The van der Waals surface area contributed by atoms with Gasteiger partial charge in [-0.05, 0) is 44.9 Å². The Morgan fingerprint density at radius 3 is 2.97 bits per heavy atom. The fourth-order valence-electron chi connectivity index (χ4n) is 4.71. The second kappa shape index (κ2) is 10.5. The van der Waals surface area contributed by atoms with Gasteiger partial charge in [0.15, 0.2) is 5.96 Å². The molecule has 0 amide bonds. The number of ether oxygens (including phenoxy) is 2. The van der Waals surface area contributed by atoms with Crippen LogP contribution in [-0.4, -0.2) is 81.5 Å². The van der Waals surface area contributed by atoms with E-state index >= 15 is 0 Å². The Morgan fingerprint density at radius 2 is 2.13 bits per heavy atom. The molecule has 0 saturated carbocycles. The van der Waals surface area contributed by atoms with Gasteiger partial charge in [0, 0.05) is 38.3 Å². The van der Waals surface area contributed by atoms with Crippen molar-refractivity contribution in [2.24, 2.45) is 4.99 Å². The SMILES string of the molecule is CCNC(=NCC1CN2CCCC2CO1)NC1CCN(c2ccccc2OC(F)F)C1. The number of morpholine rings is 1. The van der Waals surface area contributed by atoms with Crippen LogP contribution in [0, 0.1) is 0 Å². The van der Waals surface area contributed by atoms with Crippen molar-refractivity contribution in [3.8, 4) is 5.75 Å². The maximum absolute atomic E-state index is 12.7. The molecule has 3 heterocycles. The highest BCUT2D eigenvalue weighted by molar-refractivity contribution is 5.80. The van der Waals surface area contributed by atoms with Crippen LogP contribution in [-0.2, 0) is 4.74 Å². The Kier molecular flexibility index (Phi) is 7.45. The largest absolute Gasteiger partial charge is 0.433 e. The molecule has 4 rings (SSSR count). The third kappa shape index (κ3) is 5.77. The van der Waals surface area contributed by atoms with Crippen molar-refractivity contribution in [1.82, 2.24) is 15.5 Å². The minimum absolute atomic E-state index is 0.128. The van der Waals surface area contributed by atoms with Gasteiger partial charge in [-0.25, -0.2) is 0 Å². The number of halogens is 2. The molecule has 7 nitrogen and oxygen atoms in total. The van der Waals surface area contributed by atoms with E-state index in [0.29, 0.717) is 24.8 Å². The molecule has 2 N–H and O–H groups in total. The van der Waals surface area contributed by atoms with Crippen molar-refractivity contribution in [2.75, 3.05) is 50.8 Å². The highest BCUT2D eigenvalue weighted by Crippen LogP contribution is 2.31. The quantitative estimate of drug-likeness (QED) is 0.504. The first-order chi connectivity index (χ1) is 15.1. The molecule has 0 aliphatic carbocycles. The summed E-state index contributed by atoms with van der Waals surface area (Å²) >= 11 is 0. The molecule has 172 valence electrons. The number of alkyl halides is 2. The van der Waals surface area contributed by atoms with Crippen LogP contribution in [0.5, 0.6) is 5.75 Å². The Morgan fingerprint density at radius 1 is 1.26 bits per heavy atom. The number of benzene rings is 1. The second-order valence-corrected chi connectivity index (χ2v) is 8.39. The van der Waals surface area contributed by atoms with E-state index in [9.17, 15) is 8.78 Å². The number of aliphatic imine (C=N–C) groups is 1. The zero-order valence-electron chi connectivity index (χ0n) is 18.1. The van der Waals surface area contributed by atoms with E-state index < -0.39 is 6.61 Å². The molecule has 3 saturated heterocycles. The predicted octanol–water partition coefficient (Wildman–Crippen LogP) is 2.29. The van der Waals surface area contributed by atoms with E-state index in [4.69, 9.17) is 14.5 Å². The summed E-state index contributed by atoms with van der Waals surface area (Å²) in [6, 6.07) is 7.73. The van der Waals surface area contributed by atoms with Crippen molar-refractivity contribution < 1.29 is 18.3 Å². The summed E-state index contributed by atoms with van der Waals surface area (Å²) in [7, 11) is 0. The van der Waals surface area contributed by atoms with Gasteiger partial charge in [0.25, 0.3) is 0 Å². The van der Waals surface area contributed by atoms with Crippen LogP contribution < -0.4 is 20.3 Å². The van der Waals surface area contributed by atoms with Crippen molar-refractivity contribution in [1.29, 1.82) is 0 Å². The number of fused-ring (bicyclic) bond motifs is 1. The van der Waals surface area contributed by atoms with E-state index in [1.165, 1.54) is 19.4 Å². The number of rotatable bonds is 7. The summed E-state index contributed by atoms with van der Waals surface area (Å²) in [4.78, 5) is 9.38. The lowest BCUT2D eigenvalue weighted by atomic mass is 10.2. The van der Waals surface area contributed by atoms with Gasteiger partial charge in [-0.1, -0.05) is 12.1 Å². The summed E-state index contributed by atoms with van der Waals surface area (Å²) in [5.74, 6) is 0.993. The standard InChI is InChI=1S/C22H33F2N5O2/c1-2-25-22(26-12-18-14-28-10-5-6-17(28)15-30-18)27-16-9-11-29(13-16)19-7-3-4-8-20(19)31-21(23)24/h3-4,7-8,16-18,21H,2,5-6,9-15H2,1H3,(H2,25,26,27). The van der Waals surface area contributed by atoms with Gasteiger partial charge in [-0.15, -0.1) is 0 Å². The van der Waals surface area contributed by atoms with E-state index in [-0.39, 0.29) is 17.9 Å². The molecular weight excluding hydrogens is 404 g/mol. The maximum Gasteiger partial charge on any atom is 0.387 e. The average Bonchev–Trinajstić information content (AvgIpc) is 3.41. The molecule has 0 radical (unpaired) electrons. The zero-order valence-corrected chi connectivity index (χ0v) is 18.1. The zero-order chi connectivity index (χ0) is 21.6. The van der Waals surface area contributed by atoms with Crippen LogP contribution >= 0.6 is 0 Å². The molecular formula is C22H33F2N5O2. The lowest BCUT2D eigenvalue weighted by Gasteiger charge is -2.34. The Bertz CT molecular complexity index is 750. The van der Waals surface area contributed by atoms with Crippen molar-refractivity contribution >= 4 is 11.6 Å². The molecule has 1 aromatic carbocycles. The number of nitrogens with one attached hydrogen (secondary N) is 2. The van der Waals surface area contributed by atoms with Crippen molar-refractivity contribution in [3.05, 3.63) is 24.3 Å². The molecule has 9 heteroatoms. The van der Waals surface area contributed by atoms with Crippen LogP contribution in [0.1, 0.15) is 26.2 Å². The van der Waals surface area contributed by atoms with Crippen LogP contribution in [0.4, 0.5) is 14.5 Å². The first-order valence-corrected chi connectivity index (χ1v) is 11.3. The average molecular weight is 438 g/mol. The second-order valence-electron chi connectivity index (χ2n) is 8.39. The number of hydrogen-bond donors (Lipinski definition) is 2. The minimum atomic E-state index is -2.83. The third-order valence-electron chi connectivity index (χ3n) is 6.21. The topological polar surface area (TPSA) is 61.4 Å². The first-order valence-electron chi connectivity index (χ1n) is 11.3. The molecule has 0 aromatic heterocycles. The number of anilines is 1. The molecule has 3 aliphatic rings. The Labute approximate surface area is 182 Å². The van der Waals surface area contributed by atoms with E-state index in [1.54, 1.807) is 12.1 Å². The Balaban J connectivity index is 1.32. The summed E-state index contributed by atoms with van der Waals surface area (Å²) < 4.78 is 36.2. The lowest BCUT2D eigenvalue weighted by Crippen LogP contribution is -2.48. The highest BCUT2D eigenvalue weighted by Gasteiger charge is 2.32. The molecule has 1 aromatic rings. The maximum atomic E-state index is 12.7. The molecule has 3 unspecified atom stereocenters. The van der Waals surface area contributed by atoms with Crippen LogP contribution in [0.25, 0.3) is 0 Å². The number of para-hydroxylation sites is 2. The minimum Gasteiger partial charge on any atom is -0.433 e. The van der Waals surface area contributed by atoms with Crippen LogP contribution in [0.15, 0.2) is 29.3 Å². The molecule has 3 aliphatic heterocycles. The van der Waals surface area contributed by atoms with Gasteiger partial charge >= 0.3 is 6.61 Å². The summed E-state index contributed by atoms with van der Waals surface area (Å²) in [5.41, 5.74) is 0.699. The van der Waals surface area contributed by atoms with Gasteiger partial charge in [-0.2, -0.15) is 8.78 Å². The van der Waals surface area contributed by atoms with Gasteiger partial charge in [0.2, 0.25) is 0 Å². The van der Waals surface area contributed by atoms with E-state index in [1.807, 2.05) is 19.1 Å². The number of guanidine groups is 1. The van der Waals surface area contributed by atoms with Crippen molar-refractivity contribution in [2.45, 2.75) is 51.0 Å². The monoisotopic (exact) mass is 437 g/mol. The fraction of sp³-hybridized carbons (Fsp3) is 0.682. The Hall–Kier alpha value is -2.13. The lowest BCUT2D eigenvalue weighted by molar-refractivity contribution is -0.0495. The summed E-state index contributed by atoms with van der Waals surface area (Å²) in [6.45, 7) is 5.00. The van der Waals surface area contributed by atoms with E-state index in [2.05, 4.69) is 20.4 Å². The van der Waals surface area contributed by atoms with Gasteiger partial charge in [0.05, 0.1) is 24.9 Å². The molecule has 3 fully saturated rings. The molecule has 0 bridgehead atoms. The molecule has 0 spiro atoms. The third-order valence-corrected chi connectivity index (χ3v) is 6.21. The highest BCUT2D eigenvalue weighted by atomic mass is 19.3. The summed E-state index contributed by atoms with van der Waals surface area (Å²) in [6.07, 6.45) is 3.52. The molecule has 31 heavy (non-hydrogen) atoms. The predicted molar refractivity (Wildman–Crippen MR) is 117 cm³/mol. The van der Waals surface area contributed by atoms with Crippen molar-refractivity contribution in [3.63, 3.8) is 0 Å². The van der Waals surface area contributed by atoms with Crippen LogP contribution in [0.2, 0.25) is 0 Å². The normalized spacial score (nSPS) is 26.9.